The zero-order valence-electron chi connectivity index (χ0n) is 13.3. The summed E-state index contributed by atoms with van der Waals surface area (Å²) in [5.74, 6) is -0.340. The molecular formula is C17H28BrNO3. The van der Waals surface area contributed by atoms with Gasteiger partial charge in [0.05, 0.1) is 6.54 Å². The minimum Gasteiger partial charge on any atom is -0.480 e. The Morgan fingerprint density at radius 2 is 1.95 bits per heavy atom. The lowest BCUT2D eigenvalue weighted by Crippen LogP contribution is -2.23. The second kappa shape index (κ2) is 15.0. The van der Waals surface area contributed by atoms with E-state index in [-0.39, 0.29) is 13.2 Å². The molecule has 0 fully saturated rings. The van der Waals surface area contributed by atoms with Crippen LogP contribution in [0.3, 0.4) is 0 Å². The van der Waals surface area contributed by atoms with Crippen molar-refractivity contribution in [1.29, 1.82) is 0 Å². The summed E-state index contributed by atoms with van der Waals surface area (Å²) in [5.41, 5.74) is 1.29. The van der Waals surface area contributed by atoms with Crippen LogP contribution >= 0.6 is 15.9 Å². The first-order valence-electron chi connectivity index (χ1n) is 7.79. The first kappa shape index (κ1) is 21.1. The molecule has 0 heterocycles. The van der Waals surface area contributed by atoms with E-state index in [1.54, 1.807) is 0 Å². The van der Waals surface area contributed by atoms with Crippen LogP contribution in [0, 0.1) is 0 Å². The van der Waals surface area contributed by atoms with E-state index < -0.39 is 5.97 Å². The van der Waals surface area contributed by atoms with Gasteiger partial charge >= 0.3 is 5.97 Å². The number of hydrogen-bond acceptors (Lipinski definition) is 3. The van der Waals surface area contributed by atoms with Gasteiger partial charge in [0.1, 0.15) is 0 Å². The van der Waals surface area contributed by atoms with Crippen LogP contribution in [0.2, 0.25) is 0 Å². The molecule has 0 radical (unpaired) electrons. The van der Waals surface area contributed by atoms with E-state index in [2.05, 4.69) is 40.3 Å². The quantitative estimate of drug-likeness (QED) is 0.434. The van der Waals surface area contributed by atoms with E-state index in [0.29, 0.717) is 5.92 Å². The van der Waals surface area contributed by atoms with Crippen LogP contribution in [0.5, 0.6) is 0 Å². The summed E-state index contributed by atoms with van der Waals surface area (Å²) in [4.78, 5) is 9.97. The van der Waals surface area contributed by atoms with Gasteiger partial charge in [0.15, 0.2) is 0 Å². The molecule has 0 aromatic heterocycles. The molecule has 1 atom stereocenters. The lowest BCUT2D eigenvalue weighted by atomic mass is 9.98. The lowest BCUT2D eigenvalue weighted by Gasteiger charge is -2.11. The van der Waals surface area contributed by atoms with E-state index in [4.69, 9.17) is 10.2 Å². The number of nitrogens with one attached hydrogen (secondary N) is 1. The fourth-order valence-electron chi connectivity index (χ4n) is 1.91. The number of unbranched alkanes of at least 4 members (excludes halogenated alkanes) is 2. The summed E-state index contributed by atoms with van der Waals surface area (Å²) in [6.45, 7) is 3.28. The molecule has 0 bridgehead atoms. The van der Waals surface area contributed by atoms with Gasteiger partial charge in [-0.3, -0.25) is 4.79 Å². The number of rotatable bonds is 10. The highest BCUT2D eigenvalue weighted by Gasteiger charge is 2.07. The maximum Gasteiger partial charge on any atom is 0.317 e. The predicted molar refractivity (Wildman–Crippen MR) is 94.7 cm³/mol. The van der Waals surface area contributed by atoms with Crippen molar-refractivity contribution in [3.63, 3.8) is 0 Å². The molecule has 0 amide bonds. The molecule has 3 N–H and O–H groups in total. The number of aliphatic hydroxyl groups is 1. The van der Waals surface area contributed by atoms with E-state index in [1.165, 1.54) is 18.4 Å². The first-order valence-corrected chi connectivity index (χ1v) is 8.92. The van der Waals surface area contributed by atoms with Gasteiger partial charge < -0.3 is 15.5 Å². The average Bonchev–Trinajstić information content (AvgIpc) is 2.53. The molecule has 5 heteroatoms. The Labute approximate surface area is 142 Å². The Hall–Kier alpha value is -0.910. The van der Waals surface area contributed by atoms with Crippen LogP contribution in [-0.4, -0.2) is 41.2 Å². The van der Waals surface area contributed by atoms with Crippen molar-refractivity contribution in [3.8, 4) is 0 Å². The molecule has 0 aliphatic heterocycles. The molecule has 0 aliphatic carbocycles. The predicted octanol–water partition coefficient (Wildman–Crippen LogP) is 3.40. The van der Waals surface area contributed by atoms with E-state index in [0.717, 1.165) is 24.7 Å². The number of aliphatic carboxylic acids is 1. The molecule has 1 rings (SSSR count). The molecule has 0 spiro atoms. The van der Waals surface area contributed by atoms with Gasteiger partial charge in [-0.2, -0.15) is 0 Å². The number of aliphatic hydroxyl groups excluding tert-OH is 1. The van der Waals surface area contributed by atoms with E-state index in [1.807, 2.05) is 18.2 Å². The number of alkyl halides is 1. The van der Waals surface area contributed by atoms with E-state index in [9.17, 15) is 4.79 Å². The molecular weight excluding hydrogens is 346 g/mol. The Bertz CT molecular complexity index is 373. The van der Waals surface area contributed by atoms with Gasteiger partial charge in [0.2, 0.25) is 0 Å². The van der Waals surface area contributed by atoms with Crippen molar-refractivity contribution in [2.24, 2.45) is 0 Å². The third-order valence-corrected chi connectivity index (χ3v) is 3.95. The summed E-state index contributed by atoms with van der Waals surface area (Å²) in [6.07, 6.45) is 4.25. The van der Waals surface area contributed by atoms with Gasteiger partial charge in [-0.25, -0.2) is 0 Å². The van der Waals surface area contributed by atoms with Crippen LogP contribution in [-0.2, 0) is 4.79 Å². The molecule has 1 unspecified atom stereocenters. The Balaban J connectivity index is 0.000000409. The number of carboxylic acid groups (broad SMARTS) is 1. The monoisotopic (exact) mass is 373 g/mol. The summed E-state index contributed by atoms with van der Waals surface area (Å²) < 4.78 is 0. The summed E-state index contributed by atoms with van der Waals surface area (Å²) in [5, 5.41) is 20.8. The minimum atomic E-state index is -0.781. The second-order valence-corrected chi connectivity index (χ2v) is 5.70. The van der Waals surface area contributed by atoms with Gasteiger partial charge in [0.25, 0.3) is 0 Å². The van der Waals surface area contributed by atoms with Crippen LogP contribution in [0.4, 0.5) is 0 Å². The molecule has 0 saturated carbocycles. The summed E-state index contributed by atoms with van der Waals surface area (Å²) in [7, 11) is 0. The van der Waals surface area contributed by atoms with Gasteiger partial charge in [0, 0.05) is 11.9 Å². The number of carbonyl (C=O) groups is 1. The molecule has 0 aliphatic rings. The van der Waals surface area contributed by atoms with Crippen LogP contribution in [0.15, 0.2) is 30.3 Å². The molecule has 4 nitrogen and oxygen atoms in total. The zero-order valence-corrected chi connectivity index (χ0v) is 14.9. The van der Waals surface area contributed by atoms with Crippen molar-refractivity contribution in [1.82, 2.24) is 5.32 Å². The number of benzene rings is 1. The van der Waals surface area contributed by atoms with Crippen molar-refractivity contribution < 1.29 is 15.0 Å². The third kappa shape index (κ3) is 11.7. The Morgan fingerprint density at radius 3 is 2.45 bits per heavy atom. The highest BCUT2D eigenvalue weighted by molar-refractivity contribution is 9.09. The van der Waals surface area contributed by atoms with Gasteiger partial charge in [-0.1, -0.05) is 66.0 Å². The second-order valence-electron chi connectivity index (χ2n) is 5.05. The molecule has 22 heavy (non-hydrogen) atoms. The van der Waals surface area contributed by atoms with E-state index >= 15 is 0 Å². The topological polar surface area (TPSA) is 69.6 Å². The number of carboxylic acids is 1. The van der Waals surface area contributed by atoms with Crippen molar-refractivity contribution >= 4 is 21.9 Å². The Morgan fingerprint density at radius 1 is 1.27 bits per heavy atom. The summed E-state index contributed by atoms with van der Waals surface area (Å²) in [6, 6.07) is 10.3. The smallest absolute Gasteiger partial charge is 0.317 e. The fraction of sp³-hybridized carbons (Fsp3) is 0.588. The highest BCUT2D eigenvalue weighted by Crippen LogP contribution is 2.20. The first-order chi connectivity index (χ1) is 10.7. The third-order valence-electron chi connectivity index (χ3n) is 3.17. The van der Waals surface area contributed by atoms with Gasteiger partial charge in [-0.15, -0.1) is 0 Å². The number of halogens is 1. The maximum absolute atomic E-state index is 9.97. The average molecular weight is 374 g/mol. The zero-order chi connectivity index (χ0) is 16.6. The standard InChI is InChI=1S/C10H13BrO.C7H15NO2/c11-8-10(6-7-12)9-4-2-1-3-5-9;1-2-3-4-5-8-6-7(9)10/h1-5,10,12H,6-8H2;8H,2-6H2,1H3,(H,9,10). The largest absolute Gasteiger partial charge is 0.480 e. The maximum atomic E-state index is 9.97. The highest BCUT2D eigenvalue weighted by atomic mass is 79.9. The van der Waals surface area contributed by atoms with Gasteiger partial charge in [-0.05, 0) is 30.9 Å². The summed E-state index contributed by atoms with van der Waals surface area (Å²) >= 11 is 3.44. The lowest BCUT2D eigenvalue weighted by molar-refractivity contribution is -0.135. The SMILES string of the molecule is CCCCCNCC(=O)O.OCCC(CBr)c1ccccc1. The Kier molecular flexibility index (Phi) is 14.4. The minimum absolute atomic E-state index is 0.0870. The fourth-order valence-corrected chi connectivity index (χ4v) is 2.61. The normalized spacial score (nSPS) is 11.4. The molecule has 126 valence electrons. The van der Waals surface area contributed by atoms with Crippen molar-refractivity contribution in [3.05, 3.63) is 35.9 Å². The molecule has 1 aromatic carbocycles. The number of hydrogen-bond donors (Lipinski definition) is 3. The molecule has 1 aromatic rings. The van der Waals surface area contributed by atoms with Crippen LogP contribution < -0.4 is 5.32 Å². The molecule has 0 saturated heterocycles. The van der Waals surface area contributed by atoms with Crippen LogP contribution in [0.25, 0.3) is 0 Å². The van der Waals surface area contributed by atoms with Crippen molar-refractivity contribution in [2.75, 3.05) is 25.0 Å². The van der Waals surface area contributed by atoms with Crippen LogP contribution in [0.1, 0.15) is 44.1 Å². The van der Waals surface area contributed by atoms with Crippen molar-refractivity contribution in [2.45, 2.75) is 38.5 Å².